The van der Waals surface area contributed by atoms with Crippen molar-refractivity contribution < 1.29 is 14.7 Å². The molecule has 0 aliphatic rings. The van der Waals surface area contributed by atoms with Gasteiger partial charge in [0, 0.05) is 6.54 Å². The van der Waals surface area contributed by atoms with Crippen LogP contribution in [0.25, 0.3) is 0 Å². The normalized spacial score (nSPS) is 13.4. The first-order valence-corrected chi connectivity index (χ1v) is 5.44. The highest BCUT2D eigenvalue weighted by Gasteiger charge is 2.23. The van der Waals surface area contributed by atoms with Crippen molar-refractivity contribution >= 4 is 12.0 Å². The minimum absolute atomic E-state index is 0.0101. The van der Waals surface area contributed by atoms with Crippen molar-refractivity contribution in [3.63, 3.8) is 0 Å². The second-order valence-electron chi connectivity index (χ2n) is 5.03. The number of hydrogen-bond donors (Lipinski definition) is 3. The fourth-order valence-corrected chi connectivity index (χ4v) is 0.822. The molecule has 0 saturated heterocycles. The summed E-state index contributed by atoms with van der Waals surface area (Å²) in [6.07, 6.45) is 0. The van der Waals surface area contributed by atoms with Crippen molar-refractivity contribution in [3.05, 3.63) is 0 Å². The molecule has 0 saturated carbocycles. The molecule has 0 bridgehead atoms. The van der Waals surface area contributed by atoms with E-state index in [1.807, 2.05) is 0 Å². The van der Waals surface area contributed by atoms with Crippen LogP contribution in [-0.2, 0) is 4.79 Å². The first kappa shape index (κ1) is 14.7. The second kappa shape index (κ2) is 5.72. The van der Waals surface area contributed by atoms with Gasteiger partial charge in [0.25, 0.3) is 0 Å². The standard InChI is InChI=1S/C11H22N2O3/c1-7(2)11(4,5)6-12-10(16)13-8(3)9(14)15/h7-8H,6H2,1-5H3,(H,14,15)(H2,12,13,16). The molecule has 0 fully saturated rings. The van der Waals surface area contributed by atoms with Gasteiger partial charge in [-0.25, -0.2) is 4.79 Å². The van der Waals surface area contributed by atoms with Gasteiger partial charge < -0.3 is 15.7 Å². The molecule has 0 aliphatic heterocycles. The smallest absolute Gasteiger partial charge is 0.325 e. The SMILES string of the molecule is CC(NC(=O)NCC(C)(C)C(C)C)C(=O)O. The molecule has 0 radical (unpaired) electrons. The zero-order chi connectivity index (χ0) is 12.9. The van der Waals surface area contributed by atoms with Gasteiger partial charge in [-0.1, -0.05) is 27.7 Å². The molecule has 0 rings (SSSR count). The van der Waals surface area contributed by atoms with Crippen LogP contribution in [0.15, 0.2) is 0 Å². The zero-order valence-electron chi connectivity index (χ0n) is 10.6. The van der Waals surface area contributed by atoms with E-state index in [0.29, 0.717) is 12.5 Å². The number of rotatable bonds is 5. The topological polar surface area (TPSA) is 78.4 Å². The van der Waals surface area contributed by atoms with Crippen LogP contribution in [0, 0.1) is 11.3 Å². The number of urea groups is 1. The Labute approximate surface area is 96.6 Å². The van der Waals surface area contributed by atoms with Crippen molar-refractivity contribution in [2.24, 2.45) is 11.3 Å². The predicted molar refractivity (Wildman–Crippen MR) is 62.3 cm³/mol. The molecule has 1 atom stereocenters. The average Bonchev–Trinajstić information content (AvgIpc) is 2.14. The van der Waals surface area contributed by atoms with E-state index in [4.69, 9.17) is 5.11 Å². The molecule has 94 valence electrons. The van der Waals surface area contributed by atoms with Gasteiger partial charge in [0.1, 0.15) is 6.04 Å². The van der Waals surface area contributed by atoms with Gasteiger partial charge in [0.05, 0.1) is 0 Å². The minimum atomic E-state index is -1.04. The maximum absolute atomic E-state index is 11.3. The summed E-state index contributed by atoms with van der Waals surface area (Å²) in [7, 11) is 0. The highest BCUT2D eigenvalue weighted by molar-refractivity contribution is 5.82. The van der Waals surface area contributed by atoms with Gasteiger partial charge in [-0.05, 0) is 18.3 Å². The van der Waals surface area contributed by atoms with Gasteiger partial charge in [-0.15, -0.1) is 0 Å². The van der Waals surface area contributed by atoms with Crippen molar-refractivity contribution in [1.29, 1.82) is 0 Å². The van der Waals surface area contributed by atoms with Crippen LogP contribution < -0.4 is 10.6 Å². The van der Waals surface area contributed by atoms with E-state index in [-0.39, 0.29) is 5.41 Å². The third-order valence-corrected chi connectivity index (χ3v) is 2.99. The van der Waals surface area contributed by atoms with Crippen molar-refractivity contribution in [1.82, 2.24) is 10.6 Å². The Kier molecular flexibility index (Phi) is 5.27. The van der Waals surface area contributed by atoms with E-state index in [0.717, 1.165) is 0 Å². The predicted octanol–water partition coefficient (Wildman–Crippen LogP) is 1.44. The summed E-state index contributed by atoms with van der Waals surface area (Å²) in [4.78, 5) is 21.8. The number of amides is 2. The van der Waals surface area contributed by atoms with E-state index < -0.39 is 18.0 Å². The van der Waals surface area contributed by atoms with Crippen LogP contribution in [0.4, 0.5) is 4.79 Å². The zero-order valence-corrected chi connectivity index (χ0v) is 10.6. The van der Waals surface area contributed by atoms with Crippen LogP contribution in [0.5, 0.6) is 0 Å². The molecule has 16 heavy (non-hydrogen) atoms. The summed E-state index contributed by atoms with van der Waals surface area (Å²) in [6, 6.07) is -1.31. The van der Waals surface area contributed by atoms with Gasteiger partial charge in [0.2, 0.25) is 0 Å². The molecular weight excluding hydrogens is 208 g/mol. The molecule has 0 spiro atoms. The summed E-state index contributed by atoms with van der Waals surface area (Å²) in [5, 5.41) is 13.6. The molecule has 0 heterocycles. The Balaban J connectivity index is 4.04. The molecule has 0 aromatic carbocycles. The Bertz CT molecular complexity index is 262. The first-order chi connectivity index (χ1) is 7.16. The van der Waals surface area contributed by atoms with Crippen LogP contribution in [0.2, 0.25) is 0 Å². The van der Waals surface area contributed by atoms with Crippen molar-refractivity contribution in [3.8, 4) is 0 Å². The molecule has 0 aromatic heterocycles. The Morgan fingerprint density at radius 2 is 1.75 bits per heavy atom. The molecule has 5 heteroatoms. The van der Waals surface area contributed by atoms with E-state index in [1.54, 1.807) is 0 Å². The maximum Gasteiger partial charge on any atom is 0.325 e. The van der Waals surface area contributed by atoms with Crippen LogP contribution in [-0.4, -0.2) is 29.7 Å². The number of nitrogens with one attached hydrogen (secondary N) is 2. The largest absolute Gasteiger partial charge is 0.480 e. The molecule has 3 N–H and O–H groups in total. The number of carbonyl (C=O) groups is 2. The van der Waals surface area contributed by atoms with E-state index >= 15 is 0 Å². The lowest BCUT2D eigenvalue weighted by atomic mass is 9.81. The third-order valence-electron chi connectivity index (χ3n) is 2.99. The quantitative estimate of drug-likeness (QED) is 0.668. The molecular formula is C11H22N2O3. The van der Waals surface area contributed by atoms with Gasteiger partial charge >= 0.3 is 12.0 Å². The number of carboxylic acids is 1. The monoisotopic (exact) mass is 230 g/mol. The minimum Gasteiger partial charge on any atom is -0.480 e. The Hall–Kier alpha value is -1.26. The highest BCUT2D eigenvalue weighted by atomic mass is 16.4. The molecule has 0 aliphatic carbocycles. The molecule has 2 amide bonds. The van der Waals surface area contributed by atoms with Crippen LogP contribution in [0.1, 0.15) is 34.6 Å². The Morgan fingerprint density at radius 1 is 1.25 bits per heavy atom. The lowest BCUT2D eigenvalue weighted by Gasteiger charge is -2.29. The Morgan fingerprint density at radius 3 is 2.12 bits per heavy atom. The van der Waals surface area contributed by atoms with E-state index in [1.165, 1.54) is 6.92 Å². The fraction of sp³-hybridized carbons (Fsp3) is 0.818. The lowest BCUT2D eigenvalue weighted by Crippen LogP contribution is -2.47. The van der Waals surface area contributed by atoms with Gasteiger partial charge in [-0.2, -0.15) is 0 Å². The summed E-state index contributed by atoms with van der Waals surface area (Å²) < 4.78 is 0. The van der Waals surface area contributed by atoms with Crippen LogP contribution >= 0.6 is 0 Å². The summed E-state index contributed by atoms with van der Waals surface area (Å²) in [6.45, 7) is 10.2. The van der Waals surface area contributed by atoms with Crippen molar-refractivity contribution in [2.45, 2.75) is 40.7 Å². The fourth-order valence-electron chi connectivity index (χ4n) is 0.822. The molecule has 1 unspecified atom stereocenters. The number of hydrogen-bond acceptors (Lipinski definition) is 2. The van der Waals surface area contributed by atoms with Gasteiger partial charge in [-0.3, -0.25) is 4.79 Å². The highest BCUT2D eigenvalue weighted by Crippen LogP contribution is 2.24. The number of aliphatic carboxylic acids is 1. The average molecular weight is 230 g/mol. The molecule has 5 nitrogen and oxygen atoms in total. The van der Waals surface area contributed by atoms with E-state index in [9.17, 15) is 9.59 Å². The van der Waals surface area contributed by atoms with Crippen LogP contribution in [0.3, 0.4) is 0 Å². The summed E-state index contributed by atoms with van der Waals surface area (Å²) >= 11 is 0. The maximum atomic E-state index is 11.3. The van der Waals surface area contributed by atoms with Crippen molar-refractivity contribution in [2.75, 3.05) is 6.54 Å². The summed E-state index contributed by atoms with van der Waals surface area (Å²) in [5.74, 6) is -0.608. The second-order valence-corrected chi connectivity index (χ2v) is 5.03. The van der Waals surface area contributed by atoms with Gasteiger partial charge in [0.15, 0.2) is 0 Å². The van der Waals surface area contributed by atoms with E-state index in [2.05, 4.69) is 38.3 Å². The molecule has 0 aromatic rings. The third kappa shape index (κ3) is 5.00. The lowest BCUT2D eigenvalue weighted by molar-refractivity contribution is -0.138. The first-order valence-electron chi connectivity index (χ1n) is 5.44. The summed E-state index contributed by atoms with van der Waals surface area (Å²) in [5.41, 5.74) is -0.0101. The number of carbonyl (C=O) groups excluding carboxylic acids is 1. The number of carboxylic acid groups (broad SMARTS) is 1.